The van der Waals surface area contributed by atoms with Gasteiger partial charge in [0.25, 0.3) is 0 Å². The molecule has 3 nitrogen and oxygen atoms in total. The average Bonchev–Trinajstić information content (AvgIpc) is 2.83. The van der Waals surface area contributed by atoms with Crippen LogP contribution in [0.5, 0.6) is 5.75 Å². The van der Waals surface area contributed by atoms with Crippen LogP contribution in [0.3, 0.4) is 0 Å². The van der Waals surface area contributed by atoms with Gasteiger partial charge in [0.15, 0.2) is 0 Å². The molecule has 0 amide bonds. The largest absolute Gasteiger partial charge is 0.492 e. The molecule has 0 saturated carbocycles. The van der Waals surface area contributed by atoms with Gasteiger partial charge in [-0.3, -0.25) is 0 Å². The van der Waals surface area contributed by atoms with Crippen molar-refractivity contribution in [3.8, 4) is 5.75 Å². The minimum atomic E-state index is -4.40. The summed E-state index contributed by atoms with van der Waals surface area (Å²) in [6, 6.07) is 5.22. The number of halogens is 3. The highest BCUT2D eigenvalue weighted by Crippen LogP contribution is 2.35. The molecule has 0 atom stereocenters. The van der Waals surface area contributed by atoms with Crippen molar-refractivity contribution in [2.45, 2.75) is 19.6 Å². The highest BCUT2D eigenvalue weighted by atomic mass is 32.1. The maximum atomic E-state index is 12.7. The summed E-state index contributed by atoms with van der Waals surface area (Å²) in [5.74, 6) is -0.138. The van der Waals surface area contributed by atoms with Crippen LogP contribution in [-0.2, 0) is 12.7 Å². The van der Waals surface area contributed by atoms with E-state index in [0.717, 1.165) is 16.0 Å². The maximum Gasteiger partial charge on any atom is 0.419 e. The molecule has 0 radical (unpaired) electrons. The number of rotatable bonds is 6. The number of benzene rings is 1. The van der Waals surface area contributed by atoms with Crippen LogP contribution >= 0.6 is 11.3 Å². The molecule has 0 saturated heterocycles. The molecule has 21 heavy (non-hydrogen) atoms. The Balaban J connectivity index is 1.79. The Morgan fingerprint density at radius 2 is 2.05 bits per heavy atom. The van der Waals surface area contributed by atoms with E-state index in [9.17, 15) is 13.2 Å². The van der Waals surface area contributed by atoms with Gasteiger partial charge in [-0.15, -0.1) is 11.3 Å². The van der Waals surface area contributed by atoms with Gasteiger partial charge in [-0.05, 0) is 19.1 Å². The Morgan fingerprint density at radius 3 is 2.71 bits per heavy atom. The molecule has 0 aliphatic carbocycles. The molecule has 0 unspecified atom stereocenters. The van der Waals surface area contributed by atoms with E-state index in [1.165, 1.54) is 18.2 Å². The van der Waals surface area contributed by atoms with Crippen LogP contribution in [0.2, 0.25) is 0 Å². The van der Waals surface area contributed by atoms with Crippen molar-refractivity contribution in [2.24, 2.45) is 0 Å². The first-order valence-electron chi connectivity index (χ1n) is 6.38. The van der Waals surface area contributed by atoms with Crippen molar-refractivity contribution < 1.29 is 17.9 Å². The monoisotopic (exact) mass is 316 g/mol. The fourth-order valence-corrected chi connectivity index (χ4v) is 2.52. The van der Waals surface area contributed by atoms with Crippen LogP contribution in [0.25, 0.3) is 0 Å². The van der Waals surface area contributed by atoms with Gasteiger partial charge in [0, 0.05) is 24.2 Å². The molecular weight excluding hydrogens is 301 g/mol. The molecule has 7 heteroatoms. The van der Waals surface area contributed by atoms with E-state index >= 15 is 0 Å². The predicted octanol–water partition coefficient (Wildman–Crippen LogP) is 3.64. The smallest absolute Gasteiger partial charge is 0.419 e. The molecule has 2 rings (SSSR count). The van der Waals surface area contributed by atoms with E-state index in [-0.39, 0.29) is 12.4 Å². The third-order valence-corrected chi connectivity index (χ3v) is 3.61. The van der Waals surface area contributed by atoms with Gasteiger partial charge in [0.2, 0.25) is 0 Å². The number of thiazole rings is 1. The maximum absolute atomic E-state index is 12.7. The minimum absolute atomic E-state index is 0.138. The Bertz CT molecular complexity index is 584. The Morgan fingerprint density at radius 1 is 1.29 bits per heavy atom. The van der Waals surface area contributed by atoms with Crippen molar-refractivity contribution >= 4 is 11.3 Å². The zero-order valence-electron chi connectivity index (χ0n) is 11.4. The molecule has 1 aromatic carbocycles. The minimum Gasteiger partial charge on any atom is -0.492 e. The fraction of sp³-hybridized carbons (Fsp3) is 0.357. The summed E-state index contributed by atoms with van der Waals surface area (Å²) in [5.41, 5.74) is -0.747. The summed E-state index contributed by atoms with van der Waals surface area (Å²) in [5, 5.41) is 4.10. The second-order valence-electron chi connectivity index (χ2n) is 4.36. The first kappa shape index (κ1) is 15.8. The van der Waals surface area contributed by atoms with Crippen molar-refractivity contribution in [3.63, 3.8) is 0 Å². The number of alkyl halides is 3. The van der Waals surface area contributed by atoms with Crippen LogP contribution in [0.1, 0.15) is 15.4 Å². The lowest BCUT2D eigenvalue weighted by molar-refractivity contribution is -0.138. The lowest BCUT2D eigenvalue weighted by Gasteiger charge is -2.13. The van der Waals surface area contributed by atoms with Gasteiger partial charge in [-0.1, -0.05) is 12.1 Å². The predicted molar refractivity (Wildman–Crippen MR) is 75.5 cm³/mol. The molecule has 0 aliphatic heterocycles. The summed E-state index contributed by atoms with van der Waals surface area (Å²) in [7, 11) is 0. The van der Waals surface area contributed by atoms with E-state index in [1.54, 1.807) is 17.5 Å². The summed E-state index contributed by atoms with van der Waals surface area (Å²) in [6.45, 7) is 3.19. The Hall–Kier alpha value is -1.60. The van der Waals surface area contributed by atoms with Gasteiger partial charge in [-0.2, -0.15) is 13.2 Å². The lowest BCUT2D eigenvalue weighted by Crippen LogP contribution is -2.21. The first-order valence-corrected chi connectivity index (χ1v) is 7.19. The third kappa shape index (κ3) is 4.71. The molecule has 0 fully saturated rings. The van der Waals surface area contributed by atoms with Crippen LogP contribution in [0, 0.1) is 6.92 Å². The van der Waals surface area contributed by atoms with Crippen LogP contribution in [-0.4, -0.2) is 18.1 Å². The molecular formula is C14H15F3N2OS. The fourth-order valence-electron chi connectivity index (χ4n) is 1.76. The number of nitrogens with zero attached hydrogens (tertiary/aromatic N) is 1. The number of hydrogen-bond donors (Lipinski definition) is 1. The molecule has 1 heterocycles. The highest BCUT2D eigenvalue weighted by molar-refractivity contribution is 7.11. The SMILES string of the molecule is Cc1ncc(CNCCOc2ccccc2C(F)(F)F)s1. The molecule has 0 spiro atoms. The van der Waals surface area contributed by atoms with Crippen molar-refractivity contribution in [2.75, 3.05) is 13.2 Å². The van der Waals surface area contributed by atoms with E-state index in [4.69, 9.17) is 4.74 Å². The number of para-hydroxylation sites is 1. The standard InChI is InChI=1S/C14H15F3N2OS/c1-10-19-9-11(21-10)8-18-6-7-20-13-5-3-2-4-12(13)14(15,16)17/h2-5,9,18H,6-8H2,1H3. The molecule has 2 aromatic rings. The van der Waals surface area contributed by atoms with Gasteiger partial charge >= 0.3 is 6.18 Å². The summed E-state index contributed by atoms with van der Waals surface area (Å²) in [4.78, 5) is 5.21. The van der Waals surface area contributed by atoms with Crippen molar-refractivity contribution in [3.05, 3.63) is 45.9 Å². The Kier molecular flexibility index (Phi) is 5.19. The van der Waals surface area contributed by atoms with E-state index in [0.29, 0.717) is 13.1 Å². The summed E-state index contributed by atoms with van der Waals surface area (Å²) >= 11 is 1.58. The van der Waals surface area contributed by atoms with Gasteiger partial charge in [0.1, 0.15) is 12.4 Å². The number of hydrogen-bond acceptors (Lipinski definition) is 4. The summed E-state index contributed by atoms with van der Waals surface area (Å²) in [6.07, 6.45) is -2.61. The Labute approximate surface area is 124 Å². The van der Waals surface area contributed by atoms with Gasteiger partial charge in [0.05, 0.1) is 10.6 Å². The molecule has 1 N–H and O–H groups in total. The van der Waals surface area contributed by atoms with E-state index < -0.39 is 11.7 Å². The second kappa shape index (κ2) is 6.91. The third-order valence-electron chi connectivity index (χ3n) is 2.70. The van der Waals surface area contributed by atoms with Crippen LogP contribution < -0.4 is 10.1 Å². The lowest BCUT2D eigenvalue weighted by atomic mass is 10.2. The average molecular weight is 316 g/mol. The van der Waals surface area contributed by atoms with E-state index in [2.05, 4.69) is 10.3 Å². The number of aromatic nitrogens is 1. The van der Waals surface area contributed by atoms with Crippen LogP contribution in [0.15, 0.2) is 30.5 Å². The van der Waals surface area contributed by atoms with E-state index in [1.807, 2.05) is 6.92 Å². The number of aryl methyl sites for hydroxylation is 1. The molecule has 1 aromatic heterocycles. The normalized spacial score (nSPS) is 11.6. The highest BCUT2D eigenvalue weighted by Gasteiger charge is 2.33. The topological polar surface area (TPSA) is 34.2 Å². The number of nitrogens with one attached hydrogen (secondary N) is 1. The summed E-state index contributed by atoms with van der Waals surface area (Å²) < 4.78 is 43.5. The zero-order valence-corrected chi connectivity index (χ0v) is 12.2. The van der Waals surface area contributed by atoms with Crippen molar-refractivity contribution in [1.29, 1.82) is 0 Å². The quantitative estimate of drug-likeness (QED) is 0.826. The van der Waals surface area contributed by atoms with Crippen LogP contribution in [0.4, 0.5) is 13.2 Å². The zero-order chi connectivity index (χ0) is 15.3. The van der Waals surface area contributed by atoms with Gasteiger partial charge in [-0.25, -0.2) is 4.98 Å². The first-order chi connectivity index (χ1) is 9.97. The number of ether oxygens (including phenoxy) is 1. The molecule has 0 aliphatic rings. The van der Waals surface area contributed by atoms with Crippen molar-refractivity contribution in [1.82, 2.24) is 10.3 Å². The molecule has 0 bridgehead atoms. The van der Waals surface area contributed by atoms with Gasteiger partial charge < -0.3 is 10.1 Å². The molecule has 114 valence electrons. The second-order valence-corrected chi connectivity index (χ2v) is 5.68.